The van der Waals surface area contributed by atoms with Gasteiger partial charge in [0.2, 0.25) is 0 Å². The molecule has 0 amide bonds. The lowest BCUT2D eigenvalue weighted by Crippen LogP contribution is -2.40. The summed E-state index contributed by atoms with van der Waals surface area (Å²) in [6.45, 7) is 9.26. The molecule has 19 heavy (non-hydrogen) atoms. The van der Waals surface area contributed by atoms with Crippen LogP contribution in [-0.4, -0.2) is 47.6 Å². The van der Waals surface area contributed by atoms with Crippen molar-refractivity contribution in [1.29, 1.82) is 0 Å². The first-order valence-corrected chi connectivity index (χ1v) is 7.14. The van der Waals surface area contributed by atoms with Gasteiger partial charge in [0.25, 0.3) is 0 Å². The van der Waals surface area contributed by atoms with Gasteiger partial charge in [0, 0.05) is 24.7 Å². The van der Waals surface area contributed by atoms with Crippen molar-refractivity contribution in [2.45, 2.75) is 39.7 Å². The summed E-state index contributed by atoms with van der Waals surface area (Å²) < 4.78 is 0. The van der Waals surface area contributed by atoms with Gasteiger partial charge in [-0.05, 0) is 47.2 Å². The first-order valence-electron chi connectivity index (χ1n) is 7.14. The van der Waals surface area contributed by atoms with Crippen LogP contribution in [0.15, 0.2) is 0 Å². The van der Waals surface area contributed by atoms with Crippen LogP contribution in [-0.2, 0) is 0 Å². The molecule has 0 spiro atoms. The molecule has 106 valence electrons. The second-order valence-electron chi connectivity index (χ2n) is 5.37. The standard InChI is InChI=1S/C14H25N5/c1-5-15-13-10(2)14(17-11(3)16-13)18-12-7-6-8-19(4)9-12/h12H,5-9H2,1-4H3,(H2,15,16,17,18). The van der Waals surface area contributed by atoms with Crippen LogP contribution in [0.25, 0.3) is 0 Å². The van der Waals surface area contributed by atoms with Crippen molar-refractivity contribution >= 4 is 11.6 Å². The Labute approximate surface area is 115 Å². The van der Waals surface area contributed by atoms with E-state index in [-0.39, 0.29) is 0 Å². The third-order valence-corrected chi connectivity index (χ3v) is 3.57. The number of nitrogens with one attached hydrogen (secondary N) is 2. The number of rotatable bonds is 4. The highest BCUT2D eigenvalue weighted by Gasteiger charge is 2.19. The van der Waals surface area contributed by atoms with E-state index in [1.807, 2.05) is 6.92 Å². The first-order chi connectivity index (χ1) is 9.10. The van der Waals surface area contributed by atoms with Crippen LogP contribution in [0.3, 0.4) is 0 Å². The molecular formula is C14H25N5. The van der Waals surface area contributed by atoms with Crippen molar-refractivity contribution in [3.8, 4) is 0 Å². The highest BCUT2D eigenvalue weighted by Crippen LogP contribution is 2.22. The number of hydrogen-bond donors (Lipinski definition) is 2. The molecule has 5 heteroatoms. The summed E-state index contributed by atoms with van der Waals surface area (Å²) in [4.78, 5) is 11.4. The van der Waals surface area contributed by atoms with Crippen molar-refractivity contribution in [2.24, 2.45) is 0 Å². The second-order valence-corrected chi connectivity index (χ2v) is 5.37. The molecule has 0 radical (unpaired) electrons. The van der Waals surface area contributed by atoms with Gasteiger partial charge in [-0.1, -0.05) is 0 Å². The summed E-state index contributed by atoms with van der Waals surface area (Å²) in [5.74, 6) is 2.73. The lowest BCUT2D eigenvalue weighted by Gasteiger charge is -2.31. The third-order valence-electron chi connectivity index (χ3n) is 3.57. The van der Waals surface area contributed by atoms with Crippen LogP contribution in [0.2, 0.25) is 0 Å². The number of likely N-dealkylation sites (tertiary alicyclic amines) is 1. The SMILES string of the molecule is CCNc1nc(C)nc(NC2CCCN(C)C2)c1C. The van der Waals surface area contributed by atoms with Crippen molar-refractivity contribution in [3.05, 3.63) is 11.4 Å². The number of aromatic nitrogens is 2. The molecule has 5 nitrogen and oxygen atoms in total. The lowest BCUT2D eigenvalue weighted by atomic mass is 10.1. The van der Waals surface area contributed by atoms with E-state index in [1.54, 1.807) is 0 Å². The zero-order valence-electron chi connectivity index (χ0n) is 12.5. The van der Waals surface area contributed by atoms with Gasteiger partial charge in [-0.15, -0.1) is 0 Å². The molecule has 1 aliphatic rings. The van der Waals surface area contributed by atoms with E-state index in [2.05, 4.69) is 46.4 Å². The van der Waals surface area contributed by atoms with E-state index < -0.39 is 0 Å². The topological polar surface area (TPSA) is 53.1 Å². The Kier molecular flexibility index (Phi) is 4.58. The largest absolute Gasteiger partial charge is 0.370 e. The molecule has 0 aromatic carbocycles. The fraction of sp³-hybridized carbons (Fsp3) is 0.714. The van der Waals surface area contributed by atoms with Gasteiger partial charge >= 0.3 is 0 Å². The summed E-state index contributed by atoms with van der Waals surface area (Å²) in [5, 5.41) is 6.89. The van der Waals surface area contributed by atoms with Gasteiger partial charge in [0.15, 0.2) is 0 Å². The predicted octanol–water partition coefficient (Wildman–Crippen LogP) is 2.03. The minimum atomic E-state index is 0.487. The van der Waals surface area contributed by atoms with Gasteiger partial charge in [-0.2, -0.15) is 0 Å². The van der Waals surface area contributed by atoms with Gasteiger partial charge in [0.05, 0.1) is 0 Å². The molecule has 2 N–H and O–H groups in total. The minimum absolute atomic E-state index is 0.487. The fourth-order valence-electron chi connectivity index (χ4n) is 2.59. The maximum absolute atomic E-state index is 4.55. The number of nitrogens with zero attached hydrogens (tertiary/aromatic N) is 3. The maximum Gasteiger partial charge on any atom is 0.135 e. The predicted molar refractivity (Wildman–Crippen MR) is 79.8 cm³/mol. The van der Waals surface area contributed by atoms with Crippen LogP contribution >= 0.6 is 0 Å². The Hall–Kier alpha value is -1.36. The highest BCUT2D eigenvalue weighted by molar-refractivity contribution is 5.57. The van der Waals surface area contributed by atoms with E-state index >= 15 is 0 Å². The van der Waals surface area contributed by atoms with Crippen molar-refractivity contribution < 1.29 is 0 Å². The van der Waals surface area contributed by atoms with E-state index in [9.17, 15) is 0 Å². The zero-order valence-corrected chi connectivity index (χ0v) is 12.5. The Balaban J connectivity index is 2.14. The van der Waals surface area contributed by atoms with E-state index in [4.69, 9.17) is 0 Å². The number of aryl methyl sites for hydroxylation is 1. The molecule has 2 rings (SSSR count). The molecule has 1 fully saturated rings. The van der Waals surface area contributed by atoms with Gasteiger partial charge in [-0.3, -0.25) is 0 Å². The molecule has 1 aromatic heterocycles. The maximum atomic E-state index is 4.55. The van der Waals surface area contributed by atoms with E-state index in [1.165, 1.54) is 19.4 Å². The molecule has 0 saturated carbocycles. The minimum Gasteiger partial charge on any atom is -0.370 e. The Bertz CT molecular complexity index is 432. The third kappa shape index (κ3) is 3.56. The molecule has 1 saturated heterocycles. The molecule has 1 aromatic rings. The Morgan fingerprint density at radius 1 is 1.26 bits per heavy atom. The van der Waals surface area contributed by atoms with Crippen LogP contribution in [0, 0.1) is 13.8 Å². The number of anilines is 2. The summed E-state index contributed by atoms with van der Waals surface area (Å²) in [6.07, 6.45) is 2.46. The summed E-state index contributed by atoms with van der Waals surface area (Å²) in [5.41, 5.74) is 1.11. The molecule has 0 bridgehead atoms. The van der Waals surface area contributed by atoms with Crippen LogP contribution in [0.1, 0.15) is 31.2 Å². The average Bonchev–Trinajstić information content (AvgIpc) is 2.35. The number of piperidine rings is 1. The van der Waals surface area contributed by atoms with E-state index in [0.29, 0.717) is 6.04 Å². The summed E-state index contributed by atoms with van der Waals surface area (Å²) in [7, 11) is 2.18. The van der Waals surface area contributed by atoms with Crippen LogP contribution in [0.5, 0.6) is 0 Å². The average molecular weight is 263 g/mol. The fourth-order valence-corrected chi connectivity index (χ4v) is 2.59. The monoisotopic (exact) mass is 263 g/mol. The molecule has 1 aliphatic heterocycles. The Morgan fingerprint density at radius 3 is 2.68 bits per heavy atom. The normalized spacial score (nSPS) is 20.3. The molecular weight excluding hydrogens is 238 g/mol. The van der Waals surface area contributed by atoms with Crippen LogP contribution in [0.4, 0.5) is 11.6 Å². The van der Waals surface area contributed by atoms with Crippen LogP contribution < -0.4 is 10.6 Å². The Morgan fingerprint density at radius 2 is 2.00 bits per heavy atom. The van der Waals surface area contributed by atoms with E-state index in [0.717, 1.165) is 36.1 Å². The lowest BCUT2D eigenvalue weighted by molar-refractivity contribution is 0.260. The van der Waals surface area contributed by atoms with Gasteiger partial charge < -0.3 is 15.5 Å². The van der Waals surface area contributed by atoms with Crippen molar-refractivity contribution in [1.82, 2.24) is 14.9 Å². The summed E-state index contributed by atoms with van der Waals surface area (Å²) >= 11 is 0. The number of likely N-dealkylation sites (N-methyl/N-ethyl adjacent to an activating group) is 1. The highest BCUT2D eigenvalue weighted by atomic mass is 15.2. The van der Waals surface area contributed by atoms with Crippen molar-refractivity contribution in [2.75, 3.05) is 37.3 Å². The summed E-state index contributed by atoms with van der Waals surface area (Å²) in [6, 6.07) is 0.487. The second kappa shape index (κ2) is 6.19. The molecule has 1 atom stereocenters. The van der Waals surface area contributed by atoms with Gasteiger partial charge in [0.1, 0.15) is 17.5 Å². The quantitative estimate of drug-likeness (QED) is 0.870. The smallest absolute Gasteiger partial charge is 0.135 e. The van der Waals surface area contributed by atoms with Gasteiger partial charge in [-0.25, -0.2) is 9.97 Å². The van der Waals surface area contributed by atoms with Crippen molar-refractivity contribution in [3.63, 3.8) is 0 Å². The first kappa shape index (κ1) is 14.1. The molecule has 1 unspecified atom stereocenters. The molecule has 2 heterocycles. The zero-order chi connectivity index (χ0) is 13.8. The molecule has 0 aliphatic carbocycles. The number of hydrogen-bond acceptors (Lipinski definition) is 5.